The van der Waals surface area contributed by atoms with Crippen molar-refractivity contribution in [2.45, 2.75) is 6.10 Å². The average Bonchev–Trinajstić information content (AvgIpc) is 2.74. The molecule has 0 aliphatic carbocycles. The van der Waals surface area contributed by atoms with Crippen molar-refractivity contribution >= 4 is 5.69 Å². The van der Waals surface area contributed by atoms with Crippen molar-refractivity contribution in [3.63, 3.8) is 0 Å². The fraction of sp³-hybridized carbons (Fsp3) is 0.217. The van der Waals surface area contributed by atoms with E-state index in [4.69, 9.17) is 9.47 Å². The van der Waals surface area contributed by atoms with Crippen LogP contribution in [0.15, 0.2) is 84.9 Å². The van der Waals surface area contributed by atoms with Gasteiger partial charge in [0, 0.05) is 24.3 Å². The lowest BCUT2D eigenvalue weighted by Gasteiger charge is -2.32. The monoisotopic (exact) mass is 345 g/mol. The SMILES string of the molecule is c1ccc(OC(c2ccccc2)c2ccccc2N2CCOCC2)cc1. The maximum Gasteiger partial charge on any atom is 0.151 e. The van der Waals surface area contributed by atoms with Crippen LogP contribution in [0.3, 0.4) is 0 Å². The van der Waals surface area contributed by atoms with Gasteiger partial charge in [-0.1, -0.05) is 66.7 Å². The van der Waals surface area contributed by atoms with Crippen molar-refractivity contribution in [1.82, 2.24) is 0 Å². The molecule has 0 amide bonds. The Hall–Kier alpha value is -2.78. The van der Waals surface area contributed by atoms with E-state index in [1.165, 1.54) is 11.3 Å². The van der Waals surface area contributed by atoms with Gasteiger partial charge in [-0.3, -0.25) is 0 Å². The summed E-state index contributed by atoms with van der Waals surface area (Å²) in [5.74, 6) is 0.873. The van der Waals surface area contributed by atoms with Crippen molar-refractivity contribution in [2.75, 3.05) is 31.2 Å². The molecule has 0 aromatic heterocycles. The van der Waals surface area contributed by atoms with Gasteiger partial charge in [0.25, 0.3) is 0 Å². The molecule has 3 heteroatoms. The van der Waals surface area contributed by atoms with Crippen molar-refractivity contribution in [1.29, 1.82) is 0 Å². The zero-order valence-electron chi connectivity index (χ0n) is 14.8. The van der Waals surface area contributed by atoms with Gasteiger partial charge >= 0.3 is 0 Å². The lowest BCUT2D eigenvalue weighted by molar-refractivity contribution is 0.122. The van der Waals surface area contributed by atoms with E-state index in [1.54, 1.807) is 0 Å². The molecule has 0 N–H and O–H groups in total. The minimum absolute atomic E-state index is 0.155. The molecule has 3 aromatic carbocycles. The van der Waals surface area contributed by atoms with Crippen LogP contribution in [-0.2, 0) is 4.74 Å². The zero-order valence-corrected chi connectivity index (χ0v) is 14.8. The third kappa shape index (κ3) is 3.73. The maximum absolute atomic E-state index is 6.46. The first-order valence-electron chi connectivity index (χ1n) is 9.10. The lowest BCUT2D eigenvalue weighted by Crippen LogP contribution is -2.37. The molecule has 0 spiro atoms. The summed E-state index contributed by atoms with van der Waals surface area (Å²) in [6.07, 6.45) is -0.155. The number of morpholine rings is 1. The summed E-state index contributed by atoms with van der Waals surface area (Å²) in [4.78, 5) is 2.39. The number of ether oxygens (including phenoxy) is 2. The Labute approximate surface area is 154 Å². The third-order valence-corrected chi connectivity index (χ3v) is 4.67. The second-order valence-corrected chi connectivity index (χ2v) is 6.38. The van der Waals surface area contributed by atoms with Crippen LogP contribution in [-0.4, -0.2) is 26.3 Å². The predicted octanol–water partition coefficient (Wildman–Crippen LogP) is 4.69. The third-order valence-electron chi connectivity index (χ3n) is 4.67. The van der Waals surface area contributed by atoms with Crippen LogP contribution < -0.4 is 9.64 Å². The summed E-state index contributed by atoms with van der Waals surface area (Å²) in [7, 11) is 0. The van der Waals surface area contributed by atoms with Crippen LogP contribution in [0.4, 0.5) is 5.69 Å². The second-order valence-electron chi connectivity index (χ2n) is 6.38. The molecule has 3 nitrogen and oxygen atoms in total. The standard InChI is InChI=1S/C23H23NO2/c1-3-9-19(10-4-1)23(26-20-11-5-2-6-12-20)21-13-7-8-14-22(21)24-15-17-25-18-16-24/h1-14,23H,15-18H2. The fourth-order valence-electron chi connectivity index (χ4n) is 3.38. The number of para-hydroxylation sites is 2. The van der Waals surface area contributed by atoms with Gasteiger partial charge in [-0.2, -0.15) is 0 Å². The van der Waals surface area contributed by atoms with Crippen molar-refractivity contribution in [2.24, 2.45) is 0 Å². The van der Waals surface area contributed by atoms with Crippen LogP contribution in [0.2, 0.25) is 0 Å². The van der Waals surface area contributed by atoms with Crippen LogP contribution >= 0.6 is 0 Å². The van der Waals surface area contributed by atoms with E-state index in [9.17, 15) is 0 Å². The molecule has 26 heavy (non-hydrogen) atoms. The minimum atomic E-state index is -0.155. The Balaban J connectivity index is 1.74. The smallest absolute Gasteiger partial charge is 0.151 e. The van der Waals surface area contributed by atoms with Gasteiger partial charge in [0.05, 0.1) is 13.2 Å². The molecule has 1 atom stereocenters. The topological polar surface area (TPSA) is 21.7 Å². The number of nitrogens with zero attached hydrogens (tertiary/aromatic N) is 1. The highest BCUT2D eigenvalue weighted by atomic mass is 16.5. The molecular weight excluding hydrogens is 322 g/mol. The van der Waals surface area contributed by atoms with E-state index in [2.05, 4.69) is 53.4 Å². The minimum Gasteiger partial charge on any atom is -0.481 e. The molecule has 0 radical (unpaired) electrons. The predicted molar refractivity (Wildman–Crippen MR) is 105 cm³/mol. The second kappa shape index (κ2) is 8.07. The van der Waals surface area contributed by atoms with E-state index < -0.39 is 0 Å². The normalized spacial score (nSPS) is 15.5. The fourth-order valence-corrected chi connectivity index (χ4v) is 3.38. The maximum atomic E-state index is 6.46. The number of hydrogen-bond acceptors (Lipinski definition) is 3. The van der Waals surface area contributed by atoms with Gasteiger partial charge in [0.1, 0.15) is 5.75 Å². The lowest BCUT2D eigenvalue weighted by atomic mass is 9.98. The zero-order chi connectivity index (χ0) is 17.6. The molecule has 1 saturated heterocycles. The molecule has 4 rings (SSSR count). The van der Waals surface area contributed by atoms with Gasteiger partial charge in [-0.15, -0.1) is 0 Å². The molecule has 1 aliphatic heterocycles. The van der Waals surface area contributed by atoms with E-state index in [0.717, 1.165) is 37.6 Å². The first-order chi connectivity index (χ1) is 12.9. The first-order valence-corrected chi connectivity index (χ1v) is 9.10. The largest absolute Gasteiger partial charge is 0.481 e. The van der Waals surface area contributed by atoms with E-state index in [-0.39, 0.29) is 6.10 Å². The Kier molecular flexibility index (Phi) is 5.17. The molecule has 132 valence electrons. The molecular formula is C23H23NO2. The summed E-state index contributed by atoms with van der Waals surface area (Å²) in [5, 5.41) is 0. The first kappa shape index (κ1) is 16.7. The summed E-state index contributed by atoms with van der Waals surface area (Å²) < 4.78 is 12.0. The van der Waals surface area contributed by atoms with Crippen molar-refractivity contribution < 1.29 is 9.47 Å². The van der Waals surface area contributed by atoms with Crippen LogP contribution in [0.1, 0.15) is 17.2 Å². The number of anilines is 1. The van der Waals surface area contributed by atoms with E-state index >= 15 is 0 Å². The van der Waals surface area contributed by atoms with Gasteiger partial charge in [-0.25, -0.2) is 0 Å². The quantitative estimate of drug-likeness (QED) is 0.669. The Bertz CT molecular complexity index is 814. The molecule has 3 aromatic rings. The summed E-state index contributed by atoms with van der Waals surface area (Å²) >= 11 is 0. The summed E-state index contributed by atoms with van der Waals surface area (Å²) in [6.45, 7) is 3.35. The molecule has 1 aliphatic rings. The average molecular weight is 345 g/mol. The van der Waals surface area contributed by atoms with Gasteiger partial charge in [0.15, 0.2) is 6.10 Å². The van der Waals surface area contributed by atoms with Crippen molar-refractivity contribution in [3.05, 3.63) is 96.1 Å². The highest BCUT2D eigenvalue weighted by molar-refractivity contribution is 5.57. The highest BCUT2D eigenvalue weighted by Crippen LogP contribution is 2.34. The Morgan fingerprint density at radius 2 is 1.35 bits per heavy atom. The summed E-state index contributed by atoms with van der Waals surface area (Å²) in [5.41, 5.74) is 3.56. The van der Waals surface area contributed by atoms with Crippen LogP contribution in [0.25, 0.3) is 0 Å². The molecule has 0 saturated carbocycles. The van der Waals surface area contributed by atoms with Gasteiger partial charge < -0.3 is 14.4 Å². The Morgan fingerprint density at radius 1 is 0.731 bits per heavy atom. The van der Waals surface area contributed by atoms with Crippen molar-refractivity contribution in [3.8, 4) is 5.75 Å². The van der Waals surface area contributed by atoms with E-state index in [0.29, 0.717) is 0 Å². The molecule has 1 heterocycles. The number of benzene rings is 3. The summed E-state index contributed by atoms with van der Waals surface area (Å²) in [6, 6.07) is 29.0. The number of hydrogen-bond donors (Lipinski definition) is 0. The molecule has 0 bridgehead atoms. The molecule has 1 unspecified atom stereocenters. The van der Waals surface area contributed by atoms with Crippen LogP contribution in [0.5, 0.6) is 5.75 Å². The highest BCUT2D eigenvalue weighted by Gasteiger charge is 2.23. The Morgan fingerprint density at radius 3 is 2.08 bits per heavy atom. The number of rotatable bonds is 5. The van der Waals surface area contributed by atoms with Gasteiger partial charge in [0.2, 0.25) is 0 Å². The molecule has 1 fully saturated rings. The van der Waals surface area contributed by atoms with Gasteiger partial charge in [-0.05, 0) is 23.8 Å². The van der Waals surface area contributed by atoms with Crippen LogP contribution in [0, 0.1) is 0 Å². The van der Waals surface area contributed by atoms with E-state index in [1.807, 2.05) is 36.4 Å².